The maximum Gasteiger partial charge on any atom is 0.338 e. The number of carbonyl (C=O) groups is 1. The predicted octanol–water partition coefficient (Wildman–Crippen LogP) is 1.50. The topological polar surface area (TPSA) is 38.3 Å². The van der Waals surface area contributed by atoms with Gasteiger partial charge in [0, 0.05) is 13.1 Å². The number of ether oxygens (including phenoxy) is 1. The Bertz CT molecular complexity index is 352. The Balaban J connectivity index is 0.000000980. The second-order valence-corrected chi connectivity index (χ2v) is 3.04. The maximum absolute atomic E-state index is 11.3. The van der Waals surface area contributed by atoms with Crippen molar-refractivity contribution >= 4 is 18.4 Å². The molecule has 14 heavy (non-hydrogen) atoms. The summed E-state index contributed by atoms with van der Waals surface area (Å²) in [5.74, 6) is -0.249. The fourth-order valence-corrected chi connectivity index (χ4v) is 1.63. The Hall–Kier alpha value is -1.06. The quantitative estimate of drug-likeness (QED) is 0.719. The summed E-state index contributed by atoms with van der Waals surface area (Å²) in [4.78, 5) is 11.3. The van der Waals surface area contributed by atoms with Gasteiger partial charge in [-0.3, -0.25) is 0 Å². The molecule has 0 saturated heterocycles. The normalized spacial score (nSPS) is 12.9. The van der Waals surface area contributed by atoms with Crippen molar-refractivity contribution in [3.63, 3.8) is 0 Å². The summed E-state index contributed by atoms with van der Waals surface area (Å²) in [6.45, 7) is 1.61. The van der Waals surface area contributed by atoms with E-state index in [0.717, 1.165) is 18.7 Å². The second-order valence-electron chi connectivity index (χ2n) is 3.04. The molecule has 1 aliphatic rings. The number of benzene rings is 1. The number of carbonyl (C=O) groups excluding carboxylic acids is 1. The molecular weight excluding hydrogens is 202 g/mol. The van der Waals surface area contributed by atoms with Gasteiger partial charge in [-0.15, -0.1) is 12.4 Å². The molecule has 3 nitrogen and oxygen atoms in total. The van der Waals surface area contributed by atoms with Crippen molar-refractivity contribution in [2.75, 3.05) is 7.11 Å². The highest BCUT2D eigenvalue weighted by atomic mass is 35.5. The van der Waals surface area contributed by atoms with E-state index < -0.39 is 0 Å². The minimum atomic E-state index is -0.249. The van der Waals surface area contributed by atoms with E-state index in [-0.39, 0.29) is 18.4 Å². The van der Waals surface area contributed by atoms with Crippen LogP contribution in [0.4, 0.5) is 0 Å². The van der Waals surface area contributed by atoms with Crippen molar-refractivity contribution in [3.05, 3.63) is 34.9 Å². The van der Waals surface area contributed by atoms with Crippen LogP contribution in [0.5, 0.6) is 0 Å². The molecule has 76 valence electrons. The number of nitrogens with one attached hydrogen (secondary N) is 1. The average molecular weight is 214 g/mol. The molecule has 0 unspecified atom stereocenters. The summed E-state index contributed by atoms with van der Waals surface area (Å²) >= 11 is 0. The summed E-state index contributed by atoms with van der Waals surface area (Å²) in [6.07, 6.45) is 0. The Morgan fingerprint density at radius 1 is 1.43 bits per heavy atom. The highest BCUT2D eigenvalue weighted by Gasteiger charge is 2.18. The SMILES string of the molecule is COC(=O)c1cccc2c1CNC2.Cl. The van der Waals surface area contributed by atoms with Gasteiger partial charge in [0.2, 0.25) is 0 Å². The smallest absolute Gasteiger partial charge is 0.338 e. The predicted molar refractivity (Wildman–Crippen MR) is 55.6 cm³/mol. The van der Waals surface area contributed by atoms with E-state index in [4.69, 9.17) is 4.74 Å². The van der Waals surface area contributed by atoms with Crippen LogP contribution < -0.4 is 5.32 Å². The summed E-state index contributed by atoms with van der Waals surface area (Å²) in [7, 11) is 1.41. The van der Waals surface area contributed by atoms with Crippen molar-refractivity contribution < 1.29 is 9.53 Å². The van der Waals surface area contributed by atoms with Gasteiger partial charge in [0.05, 0.1) is 12.7 Å². The molecule has 0 radical (unpaired) electrons. The van der Waals surface area contributed by atoms with Gasteiger partial charge in [0.1, 0.15) is 0 Å². The van der Waals surface area contributed by atoms with Crippen LogP contribution in [0.1, 0.15) is 21.5 Å². The Kier molecular flexibility index (Phi) is 3.49. The van der Waals surface area contributed by atoms with E-state index in [9.17, 15) is 4.79 Å². The van der Waals surface area contributed by atoms with Crippen molar-refractivity contribution in [1.29, 1.82) is 0 Å². The zero-order chi connectivity index (χ0) is 9.26. The van der Waals surface area contributed by atoms with E-state index in [1.807, 2.05) is 12.1 Å². The molecule has 0 atom stereocenters. The molecule has 0 fully saturated rings. The minimum absolute atomic E-state index is 0. The van der Waals surface area contributed by atoms with Gasteiger partial charge in [-0.2, -0.15) is 0 Å². The molecule has 0 amide bonds. The fourth-order valence-electron chi connectivity index (χ4n) is 1.63. The van der Waals surface area contributed by atoms with Crippen molar-refractivity contribution in [3.8, 4) is 0 Å². The first-order valence-electron chi connectivity index (χ1n) is 4.22. The van der Waals surface area contributed by atoms with Gasteiger partial charge in [-0.25, -0.2) is 4.79 Å². The number of hydrogen-bond acceptors (Lipinski definition) is 3. The first-order chi connectivity index (χ1) is 6.33. The Morgan fingerprint density at radius 2 is 2.21 bits per heavy atom. The van der Waals surface area contributed by atoms with E-state index in [2.05, 4.69) is 5.32 Å². The zero-order valence-electron chi connectivity index (χ0n) is 7.87. The lowest BCUT2D eigenvalue weighted by molar-refractivity contribution is 0.0599. The van der Waals surface area contributed by atoms with Gasteiger partial charge in [-0.05, 0) is 17.2 Å². The molecule has 0 aromatic heterocycles. The number of methoxy groups -OCH3 is 1. The first-order valence-corrected chi connectivity index (χ1v) is 4.22. The number of rotatable bonds is 1. The van der Waals surface area contributed by atoms with E-state index in [0.29, 0.717) is 5.56 Å². The van der Waals surface area contributed by atoms with Crippen LogP contribution in [0.15, 0.2) is 18.2 Å². The first kappa shape index (κ1) is 11.0. The molecule has 1 aromatic carbocycles. The van der Waals surface area contributed by atoms with Crippen LogP contribution in [0.2, 0.25) is 0 Å². The van der Waals surface area contributed by atoms with Gasteiger partial charge in [0.25, 0.3) is 0 Å². The summed E-state index contributed by atoms with van der Waals surface area (Å²) in [6, 6.07) is 5.72. The van der Waals surface area contributed by atoms with E-state index in [1.54, 1.807) is 6.07 Å². The lowest BCUT2D eigenvalue weighted by Gasteiger charge is -2.04. The molecule has 1 N–H and O–H groups in total. The molecule has 4 heteroatoms. The third kappa shape index (κ3) is 1.74. The Morgan fingerprint density at radius 3 is 2.93 bits per heavy atom. The Labute approximate surface area is 88.9 Å². The van der Waals surface area contributed by atoms with Crippen LogP contribution in [0, 0.1) is 0 Å². The maximum atomic E-state index is 11.3. The molecule has 1 heterocycles. The molecule has 0 aliphatic carbocycles. The van der Waals surface area contributed by atoms with E-state index in [1.165, 1.54) is 12.7 Å². The highest BCUT2D eigenvalue weighted by Crippen LogP contribution is 2.20. The molecular formula is C10H12ClNO2. The average Bonchev–Trinajstić information content (AvgIpc) is 2.63. The molecule has 0 spiro atoms. The van der Waals surface area contributed by atoms with Crippen LogP contribution in [-0.4, -0.2) is 13.1 Å². The van der Waals surface area contributed by atoms with Crippen LogP contribution in [0.25, 0.3) is 0 Å². The number of esters is 1. The molecule has 0 saturated carbocycles. The third-order valence-corrected chi connectivity index (χ3v) is 2.30. The monoisotopic (exact) mass is 213 g/mol. The molecule has 0 bridgehead atoms. The number of halogens is 1. The molecule has 1 aromatic rings. The van der Waals surface area contributed by atoms with E-state index >= 15 is 0 Å². The van der Waals surface area contributed by atoms with Crippen molar-refractivity contribution in [1.82, 2.24) is 5.32 Å². The number of hydrogen-bond donors (Lipinski definition) is 1. The fraction of sp³-hybridized carbons (Fsp3) is 0.300. The third-order valence-electron chi connectivity index (χ3n) is 2.30. The lowest BCUT2D eigenvalue weighted by atomic mass is 10.0. The zero-order valence-corrected chi connectivity index (χ0v) is 8.69. The summed E-state index contributed by atoms with van der Waals surface area (Å²) in [5.41, 5.74) is 2.96. The van der Waals surface area contributed by atoms with Gasteiger partial charge in [-0.1, -0.05) is 12.1 Å². The van der Waals surface area contributed by atoms with Gasteiger partial charge < -0.3 is 10.1 Å². The molecule has 1 aliphatic heterocycles. The van der Waals surface area contributed by atoms with Crippen LogP contribution in [0.3, 0.4) is 0 Å². The summed E-state index contributed by atoms with van der Waals surface area (Å²) < 4.78 is 4.69. The van der Waals surface area contributed by atoms with Crippen LogP contribution >= 0.6 is 12.4 Å². The van der Waals surface area contributed by atoms with Gasteiger partial charge in [0.15, 0.2) is 0 Å². The standard InChI is InChI=1S/C10H11NO2.ClH/c1-13-10(12)8-4-2-3-7-5-11-6-9(7)8;/h2-4,11H,5-6H2,1H3;1H. The number of fused-ring (bicyclic) bond motifs is 1. The second kappa shape index (κ2) is 4.44. The largest absolute Gasteiger partial charge is 0.465 e. The van der Waals surface area contributed by atoms with Crippen LogP contribution in [-0.2, 0) is 17.8 Å². The molecule has 2 rings (SSSR count). The van der Waals surface area contributed by atoms with Gasteiger partial charge >= 0.3 is 5.97 Å². The highest BCUT2D eigenvalue weighted by molar-refractivity contribution is 5.91. The summed E-state index contributed by atoms with van der Waals surface area (Å²) in [5, 5.41) is 3.20. The van der Waals surface area contributed by atoms with Crippen molar-refractivity contribution in [2.45, 2.75) is 13.1 Å². The minimum Gasteiger partial charge on any atom is -0.465 e. The van der Waals surface area contributed by atoms with Crippen molar-refractivity contribution in [2.24, 2.45) is 0 Å². The lowest BCUT2D eigenvalue weighted by Crippen LogP contribution is -2.06.